The van der Waals surface area contributed by atoms with Crippen LogP contribution in [-0.2, 0) is 14.3 Å². The van der Waals surface area contributed by atoms with E-state index in [2.05, 4.69) is 5.32 Å². The number of carbonyl (C=O) groups is 2. The number of carbonyl (C=O) groups excluding carboxylic acids is 2. The monoisotopic (exact) mass is 436 g/mol. The number of halogens is 3. The number of hydrogen-bond acceptors (Lipinski definition) is 4. The minimum absolute atomic E-state index is 0.0299. The Hall–Kier alpha value is -2.41. The smallest absolute Gasteiger partial charge is 0.278 e. The van der Waals surface area contributed by atoms with E-state index < -0.39 is 17.6 Å². The molecule has 0 atom stereocenters. The highest BCUT2D eigenvalue weighted by Gasteiger charge is 2.39. The lowest BCUT2D eigenvalue weighted by Crippen LogP contribution is -2.35. The molecule has 2 amide bonds. The van der Waals surface area contributed by atoms with Gasteiger partial charge >= 0.3 is 0 Å². The number of rotatable bonds is 7. The summed E-state index contributed by atoms with van der Waals surface area (Å²) in [6.45, 7) is 4.04. The number of nitrogens with zero attached hydrogens (tertiary/aromatic N) is 1. The first-order valence-electron chi connectivity index (χ1n) is 8.98. The summed E-state index contributed by atoms with van der Waals surface area (Å²) in [4.78, 5) is 27.2. The Kier molecular flexibility index (Phi) is 6.57. The van der Waals surface area contributed by atoms with Crippen LogP contribution in [-0.4, -0.2) is 36.0 Å². The van der Waals surface area contributed by atoms with Gasteiger partial charge in [0.05, 0.1) is 29.9 Å². The number of benzene rings is 2. The maximum absolute atomic E-state index is 13.2. The molecule has 8 heteroatoms. The third-order valence-corrected chi connectivity index (χ3v) is 4.80. The highest BCUT2D eigenvalue weighted by atomic mass is 35.5. The van der Waals surface area contributed by atoms with Crippen LogP contribution in [0.15, 0.2) is 48.2 Å². The Labute approximate surface area is 178 Å². The van der Waals surface area contributed by atoms with E-state index in [1.165, 1.54) is 30.3 Å². The van der Waals surface area contributed by atoms with E-state index in [0.29, 0.717) is 16.3 Å². The lowest BCUT2D eigenvalue weighted by molar-refractivity contribution is -0.137. The molecule has 3 rings (SSSR count). The van der Waals surface area contributed by atoms with Crippen molar-refractivity contribution in [3.05, 3.63) is 69.6 Å². The van der Waals surface area contributed by atoms with Crippen LogP contribution in [0, 0.1) is 5.82 Å². The van der Waals surface area contributed by atoms with E-state index in [-0.39, 0.29) is 35.5 Å². The molecule has 152 valence electrons. The Morgan fingerprint density at radius 1 is 1.07 bits per heavy atom. The van der Waals surface area contributed by atoms with E-state index in [1.807, 2.05) is 13.8 Å². The fourth-order valence-corrected chi connectivity index (χ4v) is 3.40. The third-order valence-electron chi connectivity index (χ3n) is 4.25. The van der Waals surface area contributed by atoms with Crippen LogP contribution in [0.3, 0.4) is 0 Å². The van der Waals surface area contributed by atoms with Crippen molar-refractivity contribution < 1.29 is 18.7 Å². The number of amides is 2. The Bertz CT molecular complexity index is 974. The Balaban J connectivity index is 2.00. The lowest BCUT2D eigenvalue weighted by Gasteiger charge is -2.16. The first-order valence-corrected chi connectivity index (χ1v) is 9.73. The highest BCUT2D eigenvalue weighted by molar-refractivity contribution is 6.41. The number of anilines is 1. The van der Waals surface area contributed by atoms with E-state index >= 15 is 0 Å². The zero-order valence-corrected chi connectivity index (χ0v) is 17.4. The molecule has 0 spiro atoms. The second-order valence-corrected chi connectivity index (χ2v) is 7.53. The lowest BCUT2D eigenvalue weighted by atomic mass is 10.0. The van der Waals surface area contributed by atoms with Gasteiger partial charge in [-0.05, 0) is 50.2 Å². The molecular weight excluding hydrogens is 418 g/mol. The first-order chi connectivity index (χ1) is 13.8. The van der Waals surface area contributed by atoms with Gasteiger partial charge in [0.15, 0.2) is 0 Å². The van der Waals surface area contributed by atoms with Crippen molar-refractivity contribution in [3.8, 4) is 0 Å². The van der Waals surface area contributed by atoms with Crippen LogP contribution >= 0.6 is 23.2 Å². The van der Waals surface area contributed by atoms with Gasteiger partial charge in [-0.3, -0.25) is 14.5 Å². The van der Waals surface area contributed by atoms with Gasteiger partial charge in [0.1, 0.15) is 11.5 Å². The maximum atomic E-state index is 13.2. The number of imide groups is 1. The average Bonchev–Trinajstić information content (AvgIpc) is 2.88. The van der Waals surface area contributed by atoms with Gasteiger partial charge in [0.25, 0.3) is 11.8 Å². The van der Waals surface area contributed by atoms with Gasteiger partial charge in [0.2, 0.25) is 0 Å². The summed E-state index contributed by atoms with van der Waals surface area (Å²) in [7, 11) is 0. The molecule has 0 aliphatic carbocycles. The molecule has 0 aromatic heterocycles. The van der Waals surface area contributed by atoms with Crippen LogP contribution in [0.5, 0.6) is 0 Å². The molecule has 5 nitrogen and oxygen atoms in total. The zero-order chi connectivity index (χ0) is 21.1. The van der Waals surface area contributed by atoms with Crippen LogP contribution in [0.1, 0.15) is 19.4 Å². The van der Waals surface area contributed by atoms with E-state index in [0.717, 1.165) is 4.90 Å². The van der Waals surface area contributed by atoms with Gasteiger partial charge in [0, 0.05) is 16.3 Å². The van der Waals surface area contributed by atoms with E-state index in [4.69, 9.17) is 27.9 Å². The van der Waals surface area contributed by atoms with Crippen molar-refractivity contribution in [2.45, 2.75) is 20.0 Å². The van der Waals surface area contributed by atoms with Gasteiger partial charge < -0.3 is 10.1 Å². The molecule has 0 saturated carbocycles. The summed E-state index contributed by atoms with van der Waals surface area (Å²) in [5.74, 6) is -1.41. The molecule has 2 aromatic rings. The number of nitrogens with one attached hydrogen (secondary N) is 1. The van der Waals surface area contributed by atoms with Crippen LogP contribution in [0.25, 0.3) is 5.57 Å². The molecule has 0 saturated heterocycles. The molecular formula is C21H19Cl2FN2O3. The molecule has 1 heterocycles. The summed E-state index contributed by atoms with van der Waals surface area (Å²) in [6.07, 6.45) is -0.0299. The standard InChI is InChI=1S/C21H19Cl2FN2O3/c1-12(2)29-10-9-26-20(27)18(16-8-3-13(22)11-17(16)23)19(21(26)28)25-15-6-4-14(24)5-7-15/h3-8,11-12,25H,9-10H2,1-2H3. The molecule has 1 aliphatic heterocycles. The summed E-state index contributed by atoms with van der Waals surface area (Å²) in [6, 6.07) is 10.2. The van der Waals surface area contributed by atoms with Crippen molar-refractivity contribution in [3.63, 3.8) is 0 Å². The average molecular weight is 437 g/mol. The van der Waals surface area contributed by atoms with E-state index in [1.54, 1.807) is 12.1 Å². The summed E-state index contributed by atoms with van der Waals surface area (Å²) in [5.41, 5.74) is 1.04. The number of ether oxygens (including phenoxy) is 1. The molecule has 0 unspecified atom stereocenters. The second-order valence-electron chi connectivity index (χ2n) is 6.69. The Morgan fingerprint density at radius 2 is 1.76 bits per heavy atom. The van der Waals surface area contributed by atoms with Crippen LogP contribution < -0.4 is 5.32 Å². The fourth-order valence-electron chi connectivity index (χ4n) is 2.89. The summed E-state index contributed by atoms with van der Waals surface area (Å²) >= 11 is 12.3. The molecule has 1 N–H and O–H groups in total. The van der Waals surface area contributed by atoms with E-state index in [9.17, 15) is 14.0 Å². The number of hydrogen-bond donors (Lipinski definition) is 1. The van der Waals surface area contributed by atoms with Crippen LogP contribution in [0.4, 0.5) is 10.1 Å². The largest absolute Gasteiger partial charge is 0.377 e. The quantitative estimate of drug-likeness (QED) is 0.636. The zero-order valence-electron chi connectivity index (χ0n) is 15.8. The molecule has 29 heavy (non-hydrogen) atoms. The minimum atomic E-state index is -0.507. The highest BCUT2D eigenvalue weighted by Crippen LogP contribution is 2.35. The van der Waals surface area contributed by atoms with Crippen molar-refractivity contribution in [1.82, 2.24) is 4.90 Å². The normalized spacial score (nSPS) is 14.3. The topological polar surface area (TPSA) is 58.6 Å². The van der Waals surface area contributed by atoms with Crippen molar-refractivity contribution in [2.75, 3.05) is 18.5 Å². The van der Waals surface area contributed by atoms with Gasteiger partial charge in [-0.1, -0.05) is 29.3 Å². The van der Waals surface area contributed by atoms with Gasteiger partial charge in [-0.2, -0.15) is 0 Å². The third kappa shape index (κ3) is 4.78. The van der Waals surface area contributed by atoms with Crippen molar-refractivity contribution >= 4 is 46.3 Å². The predicted molar refractivity (Wildman–Crippen MR) is 111 cm³/mol. The van der Waals surface area contributed by atoms with Crippen molar-refractivity contribution in [1.29, 1.82) is 0 Å². The first kappa shape index (κ1) is 21.3. The maximum Gasteiger partial charge on any atom is 0.278 e. The predicted octanol–water partition coefficient (Wildman–Crippen LogP) is 4.75. The molecule has 1 aliphatic rings. The fraction of sp³-hybridized carbons (Fsp3) is 0.238. The second kappa shape index (κ2) is 8.95. The van der Waals surface area contributed by atoms with Crippen molar-refractivity contribution in [2.24, 2.45) is 0 Å². The van der Waals surface area contributed by atoms with Gasteiger partial charge in [-0.25, -0.2) is 4.39 Å². The minimum Gasteiger partial charge on any atom is -0.377 e. The SMILES string of the molecule is CC(C)OCCN1C(=O)C(Nc2ccc(F)cc2)=C(c2ccc(Cl)cc2Cl)C1=O. The molecule has 0 bridgehead atoms. The molecule has 0 radical (unpaired) electrons. The van der Waals surface area contributed by atoms with Crippen LogP contribution in [0.2, 0.25) is 10.0 Å². The van der Waals surface area contributed by atoms with Gasteiger partial charge in [-0.15, -0.1) is 0 Å². The Morgan fingerprint density at radius 3 is 2.38 bits per heavy atom. The molecule has 0 fully saturated rings. The summed E-state index contributed by atoms with van der Waals surface area (Å²) < 4.78 is 18.7. The summed E-state index contributed by atoms with van der Waals surface area (Å²) in [5, 5.41) is 3.59. The molecule has 2 aromatic carbocycles.